The van der Waals surface area contributed by atoms with Gasteiger partial charge in [0.05, 0.1) is 11.6 Å². The minimum absolute atomic E-state index is 0.213. The van der Waals surface area contributed by atoms with Gasteiger partial charge in [-0.05, 0) is 35.4 Å². The minimum atomic E-state index is -0.583. The van der Waals surface area contributed by atoms with Gasteiger partial charge in [-0.1, -0.05) is 66.7 Å². The minimum Gasteiger partial charge on any atom is -0.452 e. The maximum absolute atomic E-state index is 12.3. The van der Waals surface area contributed by atoms with Crippen LogP contribution >= 0.6 is 0 Å². The zero-order valence-corrected chi connectivity index (χ0v) is 17.1. The summed E-state index contributed by atoms with van der Waals surface area (Å²) >= 11 is 0. The fourth-order valence-electron chi connectivity index (χ4n) is 3.59. The topological polar surface area (TPSA) is 68.3 Å². The Morgan fingerprint density at radius 2 is 1.71 bits per heavy atom. The normalized spacial score (nSPS) is 12.2. The summed E-state index contributed by atoms with van der Waals surface area (Å²) in [4.78, 5) is 28.7. The van der Waals surface area contributed by atoms with Crippen LogP contribution in [-0.4, -0.2) is 23.5 Å². The molecular formula is C26H22N2O3. The Balaban J connectivity index is 1.35. The van der Waals surface area contributed by atoms with Gasteiger partial charge in [0.25, 0.3) is 5.91 Å². The van der Waals surface area contributed by atoms with Crippen molar-refractivity contribution >= 4 is 39.6 Å². The summed E-state index contributed by atoms with van der Waals surface area (Å²) in [5, 5.41) is 6.07. The van der Waals surface area contributed by atoms with Gasteiger partial charge in [-0.2, -0.15) is 0 Å². The average Bonchev–Trinajstić information content (AvgIpc) is 2.81. The monoisotopic (exact) mass is 410 g/mol. The molecule has 0 aliphatic carbocycles. The molecular weight excluding hydrogens is 388 g/mol. The fraction of sp³-hybridized carbons (Fsp3) is 0.115. The number of ether oxygens (including phenoxy) is 1. The van der Waals surface area contributed by atoms with Crippen LogP contribution in [0.25, 0.3) is 27.8 Å². The van der Waals surface area contributed by atoms with Gasteiger partial charge < -0.3 is 10.1 Å². The lowest BCUT2D eigenvalue weighted by atomic mass is 10.00. The number of aromatic nitrogens is 1. The number of esters is 1. The zero-order valence-electron chi connectivity index (χ0n) is 17.1. The Hall–Kier alpha value is -3.99. The molecule has 0 unspecified atom stereocenters. The first-order valence-corrected chi connectivity index (χ1v) is 10.1. The van der Waals surface area contributed by atoms with Crippen molar-refractivity contribution in [2.75, 3.05) is 6.61 Å². The third-order valence-corrected chi connectivity index (χ3v) is 5.08. The highest BCUT2D eigenvalue weighted by molar-refractivity contribution is 5.94. The van der Waals surface area contributed by atoms with Crippen LogP contribution in [0.3, 0.4) is 0 Å². The standard InChI is InChI=1S/C26H22N2O3/c1-18(22-13-5-8-19-7-2-3-12-23(19)22)28-24(29)17-31-25(30)15-14-21-10-4-9-20-11-6-16-27-26(20)21/h2-16,18H,17H2,1H3,(H,28,29)/b15-14-/t18-/m0/s1. The smallest absolute Gasteiger partial charge is 0.331 e. The average molecular weight is 410 g/mol. The second-order valence-corrected chi connectivity index (χ2v) is 7.22. The molecule has 0 radical (unpaired) electrons. The lowest BCUT2D eigenvalue weighted by molar-refractivity contribution is -0.144. The number of benzene rings is 3. The molecule has 0 aliphatic rings. The summed E-state index contributed by atoms with van der Waals surface area (Å²) in [6.07, 6.45) is 4.67. The van der Waals surface area contributed by atoms with Crippen LogP contribution in [0.1, 0.15) is 24.1 Å². The molecule has 1 atom stereocenters. The number of carbonyl (C=O) groups is 2. The third-order valence-electron chi connectivity index (χ3n) is 5.08. The number of hydrogen-bond donors (Lipinski definition) is 1. The molecule has 4 rings (SSSR count). The van der Waals surface area contributed by atoms with E-state index in [0.29, 0.717) is 0 Å². The molecule has 0 fully saturated rings. The number of rotatable bonds is 6. The largest absolute Gasteiger partial charge is 0.452 e. The van der Waals surface area contributed by atoms with E-state index in [9.17, 15) is 9.59 Å². The summed E-state index contributed by atoms with van der Waals surface area (Å²) in [7, 11) is 0. The van der Waals surface area contributed by atoms with E-state index in [1.807, 2.05) is 79.7 Å². The lowest BCUT2D eigenvalue weighted by Gasteiger charge is -2.16. The van der Waals surface area contributed by atoms with Crippen molar-refractivity contribution in [3.63, 3.8) is 0 Å². The first kappa shape index (κ1) is 20.3. The predicted molar refractivity (Wildman–Crippen MR) is 122 cm³/mol. The van der Waals surface area contributed by atoms with Crippen LogP contribution in [0.4, 0.5) is 0 Å². The number of pyridine rings is 1. The zero-order chi connectivity index (χ0) is 21.6. The second-order valence-electron chi connectivity index (χ2n) is 7.22. The fourth-order valence-corrected chi connectivity index (χ4v) is 3.59. The molecule has 0 saturated carbocycles. The summed E-state index contributed by atoms with van der Waals surface area (Å²) in [5.41, 5.74) is 2.63. The van der Waals surface area contributed by atoms with E-state index in [0.717, 1.165) is 32.8 Å². The summed E-state index contributed by atoms with van der Waals surface area (Å²) in [6, 6.07) is 23.3. The van der Waals surface area contributed by atoms with Gasteiger partial charge in [-0.15, -0.1) is 0 Å². The Morgan fingerprint density at radius 3 is 2.61 bits per heavy atom. The number of amides is 1. The van der Waals surface area contributed by atoms with Crippen LogP contribution in [0.15, 0.2) is 85.1 Å². The van der Waals surface area contributed by atoms with Crippen molar-refractivity contribution in [1.82, 2.24) is 10.3 Å². The van der Waals surface area contributed by atoms with Crippen LogP contribution < -0.4 is 5.32 Å². The molecule has 31 heavy (non-hydrogen) atoms. The molecule has 154 valence electrons. The molecule has 0 bridgehead atoms. The predicted octanol–water partition coefficient (Wildman–Crippen LogP) is 4.82. The van der Waals surface area contributed by atoms with Crippen molar-refractivity contribution in [2.45, 2.75) is 13.0 Å². The molecule has 5 nitrogen and oxygen atoms in total. The lowest BCUT2D eigenvalue weighted by Crippen LogP contribution is -2.31. The van der Waals surface area contributed by atoms with E-state index < -0.39 is 5.97 Å². The van der Waals surface area contributed by atoms with Crippen molar-refractivity contribution in [2.24, 2.45) is 0 Å². The number of hydrogen-bond acceptors (Lipinski definition) is 4. The van der Waals surface area contributed by atoms with Crippen molar-refractivity contribution < 1.29 is 14.3 Å². The first-order valence-electron chi connectivity index (χ1n) is 10.1. The molecule has 0 spiro atoms. The first-order chi connectivity index (χ1) is 15.1. The van der Waals surface area contributed by atoms with Crippen LogP contribution in [0.5, 0.6) is 0 Å². The van der Waals surface area contributed by atoms with Gasteiger partial charge in [0.1, 0.15) is 0 Å². The van der Waals surface area contributed by atoms with Crippen molar-refractivity contribution in [3.05, 3.63) is 96.2 Å². The second kappa shape index (κ2) is 9.22. The molecule has 5 heteroatoms. The number of para-hydroxylation sites is 1. The Labute approximate surface area is 180 Å². The third kappa shape index (κ3) is 4.78. The molecule has 4 aromatic rings. The quantitative estimate of drug-likeness (QED) is 0.365. The molecule has 0 aliphatic heterocycles. The number of fused-ring (bicyclic) bond motifs is 2. The van der Waals surface area contributed by atoms with Crippen LogP contribution in [-0.2, 0) is 14.3 Å². The summed E-state index contributed by atoms with van der Waals surface area (Å²) in [5.74, 6) is -0.935. The SMILES string of the molecule is C[C@H](NC(=O)COC(=O)/C=C\c1cccc2cccnc12)c1cccc2ccccc12. The van der Waals surface area contributed by atoms with E-state index >= 15 is 0 Å². The summed E-state index contributed by atoms with van der Waals surface area (Å²) in [6.45, 7) is 1.57. The van der Waals surface area contributed by atoms with Gasteiger partial charge in [0.15, 0.2) is 6.61 Å². The van der Waals surface area contributed by atoms with Crippen LogP contribution in [0, 0.1) is 0 Å². The van der Waals surface area contributed by atoms with E-state index in [1.54, 1.807) is 12.3 Å². The van der Waals surface area contributed by atoms with Crippen molar-refractivity contribution in [3.8, 4) is 0 Å². The Bertz CT molecular complexity index is 1270. The van der Waals surface area contributed by atoms with E-state index in [1.165, 1.54) is 6.08 Å². The van der Waals surface area contributed by atoms with Gasteiger partial charge in [-0.25, -0.2) is 4.79 Å². The number of nitrogens with one attached hydrogen (secondary N) is 1. The van der Waals surface area contributed by atoms with Crippen molar-refractivity contribution in [1.29, 1.82) is 0 Å². The van der Waals surface area contributed by atoms with E-state index in [-0.39, 0.29) is 18.6 Å². The van der Waals surface area contributed by atoms with E-state index in [2.05, 4.69) is 10.3 Å². The highest BCUT2D eigenvalue weighted by atomic mass is 16.5. The van der Waals surface area contributed by atoms with Gasteiger partial charge in [-0.3, -0.25) is 9.78 Å². The molecule has 1 aromatic heterocycles. The summed E-state index contributed by atoms with van der Waals surface area (Å²) < 4.78 is 5.10. The Kier molecular flexibility index (Phi) is 6.03. The van der Waals surface area contributed by atoms with Gasteiger partial charge in [0, 0.05) is 23.2 Å². The maximum Gasteiger partial charge on any atom is 0.331 e. The highest BCUT2D eigenvalue weighted by Gasteiger charge is 2.13. The maximum atomic E-state index is 12.3. The molecule has 1 N–H and O–H groups in total. The number of carbonyl (C=O) groups excluding carboxylic acids is 2. The highest BCUT2D eigenvalue weighted by Crippen LogP contribution is 2.24. The number of nitrogens with zero attached hydrogens (tertiary/aromatic N) is 1. The Morgan fingerprint density at radius 1 is 0.968 bits per heavy atom. The molecule has 0 saturated heterocycles. The molecule has 1 amide bonds. The van der Waals surface area contributed by atoms with E-state index in [4.69, 9.17) is 4.74 Å². The van der Waals surface area contributed by atoms with Crippen LogP contribution in [0.2, 0.25) is 0 Å². The van der Waals surface area contributed by atoms with Gasteiger partial charge in [0.2, 0.25) is 0 Å². The van der Waals surface area contributed by atoms with Gasteiger partial charge >= 0.3 is 5.97 Å². The molecule has 3 aromatic carbocycles. The molecule has 1 heterocycles.